The van der Waals surface area contributed by atoms with E-state index in [9.17, 15) is 19.2 Å². The number of benzene rings is 1. The first-order valence-corrected chi connectivity index (χ1v) is 11.3. The normalized spacial score (nSPS) is 12.4. The third kappa shape index (κ3) is 9.61. The van der Waals surface area contributed by atoms with Crippen LogP contribution in [0.3, 0.4) is 0 Å². The molecule has 1 atom stereocenters. The van der Waals surface area contributed by atoms with Gasteiger partial charge in [0.05, 0.1) is 13.7 Å². The van der Waals surface area contributed by atoms with E-state index in [-0.39, 0.29) is 49.8 Å². The molecule has 0 unspecified atom stereocenters. The van der Waals surface area contributed by atoms with Crippen molar-refractivity contribution < 1.29 is 38.1 Å². The minimum atomic E-state index is -1.48. The van der Waals surface area contributed by atoms with Crippen molar-refractivity contribution in [2.24, 2.45) is 5.73 Å². The third-order valence-corrected chi connectivity index (χ3v) is 4.94. The van der Waals surface area contributed by atoms with Crippen LogP contribution in [0.2, 0.25) is 0 Å². The molecular formula is C24H35NO8. The molecule has 1 aromatic carbocycles. The molecule has 0 bridgehead atoms. The van der Waals surface area contributed by atoms with Crippen LogP contribution in [-0.4, -0.2) is 43.1 Å². The van der Waals surface area contributed by atoms with Crippen LogP contribution in [0.4, 0.5) is 0 Å². The molecule has 0 saturated carbocycles. The largest absolute Gasteiger partial charge is 0.468 e. The number of ether oxygens (including phenoxy) is 4. The Morgan fingerprint density at radius 2 is 1.55 bits per heavy atom. The molecule has 9 heteroatoms. The summed E-state index contributed by atoms with van der Waals surface area (Å²) in [5.74, 6) is -1.86. The molecule has 0 heterocycles. The number of carbonyl (C=O) groups excluding carboxylic acids is 4. The second-order valence-corrected chi connectivity index (χ2v) is 7.69. The molecule has 0 amide bonds. The summed E-state index contributed by atoms with van der Waals surface area (Å²) in [6.45, 7) is 5.28. The minimum Gasteiger partial charge on any atom is -0.468 e. The third-order valence-electron chi connectivity index (χ3n) is 4.94. The smallest absolute Gasteiger partial charge is 0.326 e. The van der Waals surface area contributed by atoms with Crippen molar-refractivity contribution >= 4 is 23.9 Å². The van der Waals surface area contributed by atoms with E-state index in [1.807, 2.05) is 6.92 Å². The Morgan fingerprint density at radius 3 is 2.12 bits per heavy atom. The number of hydrogen-bond acceptors (Lipinski definition) is 9. The van der Waals surface area contributed by atoms with Crippen molar-refractivity contribution in [2.75, 3.05) is 13.7 Å². The van der Waals surface area contributed by atoms with Crippen LogP contribution in [0.5, 0.6) is 11.5 Å². The summed E-state index contributed by atoms with van der Waals surface area (Å²) < 4.78 is 20.6. The Balaban J connectivity index is 3.00. The maximum atomic E-state index is 12.4. The van der Waals surface area contributed by atoms with Crippen LogP contribution in [-0.2, 0) is 35.1 Å². The average molecular weight is 466 g/mol. The lowest BCUT2D eigenvalue weighted by Gasteiger charge is -2.26. The van der Waals surface area contributed by atoms with Crippen LogP contribution in [0.15, 0.2) is 18.2 Å². The molecule has 0 fully saturated rings. The van der Waals surface area contributed by atoms with Crippen LogP contribution in [0.25, 0.3) is 0 Å². The highest BCUT2D eigenvalue weighted by Gasteiger charge is 2.36. The fraction of sp³-hybridized carbons (Fsp3) is 0.583. The van der Waals surface area contributed by atoms with Crippen molar-refractivity contribution in [1.82, 2.24) is 0 Å². The Kier molecular flexibility index (Phi) is 12.1. The van der Waals surface area contributed by atoms with Gasteiger partial charge in [0, 0.05) is 32.1 Å². The van der Waals surface area contributed by atoms with Crippen molar-refractivity contribution in [1.29, 1.82) is 0 Å². The van der Waals surface area contributed by atoms with E-state index in [4.69, 9.17) is 24.7 Å². The summed E-state index contributed by atoms with van der Waals surface area (Å²) in [5.41, 5.74) is 5.42. The minimum absolute atomic E-state index is 0.0196. The van der Waals surface area contributed by atoms with Crippen LogP contribution in [0, 0.1) is 0 Å². The van der Waals surface area contributed by atoms with E-state index in [0.29, 0.717) is 12.0 Å². The number of esters is 4. The predicted octanol–water partition coefficient (Wildman–Crippen LogP) is 3.24. The number of nitrogens with two attached hydrogens (primary N) is 1. The predicted molar refractivity (Wildman–Crippen MR) is 121 cm³/mol. The summed E-state index contributed by atoms with van der Waals surface area (Å²) in [6, 6.07) is 4.59. The standard InChI is InChI=1S/C24H35NO8/c1-5-8-9-10-22(28)31-14-13-24(25,23(29)30-4)16-17-11-12-18(32-20(26)6-2)19(15-17)33-21(27)7-3/h11-12,15H,5-10,13-14,16,25H2,1-4H3/t24-/m1/s1. The average Bonchev–Trinajstić information content (AvgIpc) is 2.80. The summed E-state index contributed by atoms with van der Waals surface area (Å²) in [7, 11) is 1.22. The molecule has 2 N–H and O–H groups in total. The summed E-state index contributed by atoms with van der Waals surface area (Å²) in [5, 5.41) is 0. The summed E-state index contributed by atoms with van der Waals surface area (Å²) in [6.07, 6.45) is 3.32. The van der Waals surface area contributed by atoms with Crippen molar-refractivity contribution in [2.45, 2.75) is 77.7 Å². The number of rotatable bonds is 14. The lowest BCUT2D eigenvalue weighted by Crippen LogP contribution is -2.51. The molecule has 0 aliphatic rings. The van der Waals surface area contributed by atoms with Gasteiger partial charge in [-0.3, -0.25) is 19.2 Å². The molecule has 1 rings (SSSR count). The molecule has 0 aliphatic heterocycles. The zero-order chi connectivity index (χ0) is 24.9. The number of carbonyl (C=O) groups is 4. The first-order valence-electron chi connectivity index (χ1n) is 11.3. The first-order chi connectivity index (χ1) is 15.7. The molecule has 0 spiro atoms. The van der Waals surface area contributed by atoms with E-state index in [1.165, 1.54) is 19.2 Å². The van der Waals surface area contributed by atoms with Gasteiger partial charge in [-0.05, 0) is 24.1 Å². The van der Waals surface area contributed by atoms with Gasteiger partial charge in [0.25, 0.3) is 0 Å². The van der Waals surface area contributed by atoms with Gasteiger partial charge in [-0.1, -0.05) is 39.7 Å². The van der Waals surface area contributed by atoms with Gasteiger partial charge in [-0.15, -0.1) is 0 Å². The summed E-state index contributed by atoms with van der Waals surface area (Å²) in [4.78, 5) is 47.8. The summed E-state index contributed by atoms with van der Waals surface area (Å²) >= 11 is 0. The molecule has 1 aromatic rings. The molecule has 33 heavy (non-hydrogen) atoms. The van der Waals surface area contributed by atoms with Crippen molar-refractivity contribution in [3.05, 3.63) is 23.8 Å². The molecule has 0 aromatic heterocycles. The van der Waals surface area contributed by atoms with Crippen molar-refractivity contribution in [3.63, 3.8) is 0 Å². The Labute approximate surface area is 194 Å². The number of unbranched alkanes of at least 4 members (excludes halogenated alkanes) is 2. The maximum Gasteiger partial charge on any atom is 0.326 e. The number of methoxy groups -OCH3 is 1. The topological polar surface area (TPSA) is 131 Å². The Bertz CT molecular complexity index is 823. The molecule has 0 saturated heterocycles. The van der Waals surface area contributed by atoms with Crippen molar-refractivity contribution in [3.8, 4) is 11.5 Å². The molecule has 184 valence electrons. The van der Waals surface area contributed by atoms with E-state index < -0.39 is 23.4 Å². The van der Waals surface area contributed by atoms with Gasteiger partial charge < -0.3 is 24.7 Å². The highest BCUT2D eigenvalue weighted by molar-refractivity contribution is 5.81. The lowest BCUT2D eigenvalue weighted by molar-refractivity contribution is -0.151. The van der Waals surface area contributed by atoms with Gasteiger partial charge in [0.2, 0.25) is 0 Å². The Hall–Kier alpha value is -2.94. The monoisotopic (exact) mass is 465 g/mol. The highest BCUT2D eigenvalue weighted by Crippen LogP contribution is 2.31. The van der Waals surface area contributed by atoms with Crippen LogP contribution < -0.4 is 15.2 Å². The first kappa shape index (κ1) is 28.1. The van der Waals surface area contributed by atoms with E-state index >= 15 is 0 Å². The van der Waals surface area contributed by atoms with Gasteiger partial charge in [-0.2, -0.15) is 0 Å². The molecule has 9 nitrogen and oxygen atoms in total. The lowest BCUT2D eigenvalue weighted by atomic mass is 9.88. The SMILES string of the molecule is CCCCCC(=O)OCC[C@@](N)(Cc1ccc(OC(=O)CC)c(OC(=O)CC)c1)C(=O)OC. The van der Waals surface area contributed by atoms with Gasteiger partial charge in [-0.25, -0.2) is 0 Å². The second kappa shape index (κ2) is 14.3. The van der Waals surface area contributed by atoms with Crippen LogP contribution in [0.1, 0.15) is 71.3 Å². The zero-order valence-corrected chi connectivity index (χ0v) is 19.9. The van der Waals surface area contributed by atoms with E-state index in [2.05, 4.69) is 0 Å². The van der Waals surface area contributed by atoms with Gasteiger partial charge in [0.1, 0.15) is 5.54 Å². The fourth-order valence-corrected chi connectivity index (χ4v) is 2.98. The molecular weight excluding hydrogens is 430 g/mol. The second-order valence-electron chi connectivity index (χ2n) is 7.69. The highest BCUT2D eigenvalue weighted by atomic mass is 16.6. The van der Waals surface area contributed by atoms with Crippen LogP contribution >= 0.6 is 0 Å². The zero-order valence-electron chi connectivity index (χ0n) is 19.9. The molecule has 0 aliphatic carbocycles. The molecule has 0 radical (unpaired) electrons. The van der Waals surface area contributed by atoms with E-state index in [1.54, 1.807) is 19.9 Å². The maximum absolute atomic E-state index is 12.4. The van der Waals surface area contributed by atoms with E-state index in [0.717, 1.165) is 19.3 Å². The quantitative estimate of drug-likeness (QED) is 0.250. The van der Waals surface area contributed by atoms with Gasteiger partial charge >= 0.3 is 23.9 Å². The fourth-order valence-electron chi connectivity index (χ4n) is 2.98. The Morgan fingerprint density at radius 1 is 0.909 bits per heavy atom. The number of hydrogen-bond donors (Lipinski definition) is 1. The van der Waals surface area contributed by atoms with Gasteiger partial charge in [0.15, 0.2) is 11.5 Å².